The van der Waals surface area contributed by atoms with Crippen LogP contribution in [0.3, 0.4) is 0 Å². The van der Waals surface area contributed by atoms with Crippen LogP contribution in [0.2, 0.25) is 0 Å². The first-order valence-electron chi connectivity index (χ1n) is 12.2. The number of rotatable bonds is 8. The largest absolute Gasteiger partial charge is 0.489 e. The zero-order valence-corrected chi connectivity index (χ0v) is 19.8. The highest BCUT2D eigenvalue weighted by Crippen LogP contribution is 2.41. The van der Waals surface area contributed by atoms with E-state index in [0.717, 1.165) is 43.9 Å². The Balaban J connectivity index is 1.06. The number of hydrogen-bond acceptors (Lipinski definition) is 4. The topological polar surface area (TPSA) is 44.8 Å². The van der Waals surface area contributed by atoms with E-state index in [9.17, 15) is 4.79 Å². The van der Waals surface area contributed by atoms with Gasteiger partial charge in [0.05, 0.1) is 6.54 Å². The van der Waals surface area contributed by atoms with Crippen LogP contribution in [0.15, 0.2) is 78.9 Å². The van der Waals surface area contributed by atoms with Crippen LogP contribution in [0.1, 0.15) is 23.5 Å². The molecule has 0 aromatic heterocycles. The Morgan fingerprint density at radius 3 is 2.26 bits per heavy atom. The van der Waals surface area contributed by atoms with Gasteiger partial charge in [0.2, 0.25) is 5.91 Å². The normalized spacial score (nSPS) is 20.2. The second kappa shape index (κ2) is 10.4. The number of benzene rings is 3. The fourth-order valence-corrected chi connectivity index (χ4v) is 4.58. The first kappa shape index (κ1) is 22.6. The smallest absolute Gasteiger partial charge is 0.236 e. The van der Waals surface area contributed by atoms with E-state index in [1.165, 1.54) is 16.7 Å². The van der Waals surface area contributed by atoms with E-state index >= 15 is 0 Å². The highest BCUT2D eigenvalue weighted by atomic mass is 16.5. The lowest BCUT2D eigenvalue weighted by Crippen LogP contribution is -2.49. The second-order valence-corrected chi connectivity index (χ2v) is 9.43. The summed E-state index contributed by atoms with van der Waals surface area (Å²) in [6.07, 6.45) is 1.09. The summed E-state index contributed by atoms with van der Waals surface area (Å²) in [5.74, 6) is 1.59. The van der Waals surface area contributed by atoms with Crippen molar-refractivity contribution >= 4 is 5.91 Å². The van der Waals surface area contributed by atoms with Gasteiger partial charge < -0.3 is 19.9 Å². The molecule has 1 amide bonds. The minimum absolute atomic E-state index is 0.222. The maximum absolute atomic E-state index is 12.4. The summed E-state index contributed by atoms with van der Waals surface area (Å²) in [4.78, 5) is 16.7. The predicted molar refractivity (Wildman–Crippen MR) is 136 cm³/mol. The van der Waals surface area contributed by atoms with Crippen molar-refractivity contribution < 1.29 is 9.53 Å². The quantitative estimate of drug-likeness (QED) is 0.554. The van der Waals surface area contributed by atoms with Crippen molar-refractivity contribution in [1.29, 1.82) is 0 Å². The molecule has 0 spiro atoms. The fraction of sp³-hybridized carbons (Fsp3) is 0.345. The molecule has 1 aliphatic heterocycles. The molecule has 2 fully saturated rings. The van der Waals surface area contributed by atoms with Crippen molar-refractivity contribution in [2.24, 2.45) is 0 Å². The summed E-state index contributed by atoms with van der Waals surface area (Å²) >= 11 is 0. The molecule has 5 heteroatoms. The van der Waals surface area contributed by atoms with Gasteiger partial charge in [-0.3, -0.25) is 4.79 Å². The maximum Gasteiger partial charge on any atom is 0.236 e. The van der Waals surface area contributed by atoms with E-state index in [2.05, 4.69) is 90.1 Å². The van der Waals surface area contributed by atoms with Gasteiger partial charge in [-0.25, -0.2) is 0 Å². The van der Waals surface area contributed by atoms with Crippen LogP contribution in [-0.2, 0) is 11.4 Å². The molecule has 5 rings (SSSR count). The zero-order valence-electron chi connectivity index (χ0n) is 19.8. The molecule has 0 bridgehead atoms. The molecule has 0 unspecified atom stereocenters. The van der Waals surface area contributed by atoms with Crippen molar-refractivity contribution in [2.45, 2.75) is 25.0 Å². The minimum Gasteiger partial charge on any atom is -0.489 e. The van der Waals surface area contributed by atoms with Crippen LogP contribution in [0.25, 0.3) is 11.1 Å². The lowest BCUT2D eigenvalue weighted by molar-refractivity contribution is -0.131. The molecule has 3 aromatic rings. The number of nitrogens with one attached hydrogen (secondary N) is 1. The van der Waals surface area contributed by atoms with Gasteiger partial charge in [0.15, 0.2) is 0 Å². The molecule has 1 saturated carbocycles. The average Bonchev–Trinajstić information content (AvgIpc) is 3.67. The molecular weight excluding hydrogens is 422 g/mol. The van der Waals surface area contributed by atoms with Crippen LogP contribution < -0.4 is 10.1 Å². The Morgan fingerprint density at radius 1 is 0.882 bits per heavy atom. The number of carbonyl (C=O) groups is 1. The summed E-state index contributed by atoms with van der Waals surface area (Å²) < 4.78 is 6.00. The number of nitrogens with zero attached hydrogens (tertiary/aromatic N) is 2. The lowest BCUT2D eigenvalue weighted by atomic mass is 10.0. The lowest BCUT2D eigenvalue weighted by Gasteiger charge is -2.32. The van der Waals surface area contributed by atoms with Gasteiger partial charge in [0.1, 0.15) is 12.4 Å². The molecule has 1 N–H and O–H groups in total. The molecule has 1 saturated heterocycles. The van der Waals surface area contributed by atoms with Gasteiger partial charge in [0, 0.05) is 38.1 Å². The number of hydrogen-bond donors (Lipinski definition) is 1. The van der Waals surface area contributed by atoms with Crippen LogP contribution in [0, 0.1) is 0 Å². The van der Waals surface area contributed by atoms with Crippen LogP contribution in [0.5, 0.6) is 5.75 Å². The third-order valence-corrected chi connectivity index (χ3v) is 6.94. The van der Waals surface area contributed by atoms with Gasteiger partial charge in [-0.15, -0.1) is 0 Å². The highest BCUT2D eigenvalue weighted by molar-refractivity contribution is 5.78. The Hall–Kier alpha value is -3.15. The van der Waals surface area contributed by atoms with Crippen molar-refractivity contribution in [3.63, 3.8) is 0 Å². The van der Waals surface area contributed by atoms with Crippen molar-refractivity contribution in [3.8, 4) is 16.9 Å². The third-order valence-electron chi connectivity index (χ3n) is 6.94. The molecule has 2 atom stereocenters. The Kier molecular flexibility index (Phi) is 6.93. The minimum atomic E-state index is 0.222. The molecule has 1 aliphatic carbocycles. The van der Waals surface area contributed by atoms with E-state index in [1.807, 2.05) is 11.0 Å². The van der Waals surface area contributed by atoms with Gasteiger partial charge in [-0.2, -0.15) is 0 Å². The molecule has 2 aliphatic rings. The van der Waals surface area contributed by atoms with Gasteiger partial charge in [-0.1, -0.05) is 66.7 Å². The number of amides is 1. The second-order valence-electron chi connectivity index (χ2n) is 9.43. The Bertz CT molecular complexity index is 1070. The fourth-order valence-electron chi connectivity index (χ4n) is 4.58. The van der Waals surface area contributed by atoms with Crippen LogP contribution in [0.4, 0.5) is 0 Å². The van der Waals surface area contributed by atoms with Crippen molar-refractivity contribution in [1.82, 2.24) is 15.1 Å². The first-order chi connectivity index (χ1) is 16.7. The molecule has 34 heavy (non-hydrogen) atoms. The highest BCUT2D eigenvalue weighted by Gasteiger charge is 2.38. The summed E-state index contributed by atoms with van der Waals surface area (Å²) in [7, 11) is 2.11. The number of likely N-dealkylation sites (N-methyl/N-ethyl adjacent to an activating group) is 1. The van der Waals surface area contributed by atoms with E-state index in [4.69, 9.17) is 4.74 Å². The summed E-state index contributed by atoms with van der Waals surface area (Å²) in [5.41, 5.74) is 4.90. The summed E-state index contributed by atoms with van der Waals surface area (Å²) in [6.45, 7) is 4.59. The first-order valence-corrected chi connectivity index (χ1v) is 12.2. The molecule has 1 heterocycles. The predicted octanol–water partition coefficient (Wildman–Crippen LogP) is 4.15. The van der Waals surface area contributed by atoms with Gasteiger partial charge >= 0.3 is 0 Å². The molecule has 176 valence electrons. The molecular formula is C29H33N3O2. The molecule has 0 radical (unpaired) electrons. The van der Waals surface area contributed by atoms with Crippen molar-refractivity contribution in [2.75, 3.05) is 39.8 Å². The summed E-state index contributed by atoms with van der Waals surface area (Å²) in [6, 6.07) is 27.8. The monoisotopic (exact) mass is 455 g/mol. The number of ether oxygens (including phenoxy) is 1. The van der Waals surface area contributed by atoms with Crippen LogP contribution >= 0.6 is 0 Å². The maximum atomic E-state index is 12.4. The van der Waals surface area contributed by atoms with Crippen LogP contribution in [-0.4, -0.2) is 61.5 Å². The number of carbonyl (C=O) groups excluding carboxylic acids is 1. The third kappa shape index (κ3) is 5.66. The molecule has 5 nitrogen and oxygen atoms in total. The van der Waals surface area contributed by atoms with E-state index < -0.39 is 0 Å². The Morgan fingerprint density at radius 2 is 1.56 bits per heavy atom. The SMILES string of the molecule is CN1CCN(C(=O)CN[C@H]2C[C@@H]2c2ccc(OCc3ccc(-c4ccccc4)cc3)cc2)CC1. The standard InChI is InChI=1S/C29H33N3O2/c1-31-15-17-32(18-16-31)29(33)20-30-28-19-27(28)25-11-13-26(14-12-25)34-21-22-7-9-24(10-8-22)23-5-3-2-4-6-23/h2-14,27-28,30H,15-21H2,1H3/t27-,28+/m1/s1. The van der Waals surface area contributed by atoms with E-state index in [0.29, 0.717) is 25.1 Å². The molecule has 3 aromatic carbocycles. The average molecular weight is 456 g/mol. The summed E-state index contributed by atoms with van der Waals surface area (Å²) in [5, 5.41) is 3.45. The van der Waals surface area contributed by atoms with E-state index in [1.54, 1.807) is 0 Å². The zero-order chi connectivity index (χ0) is 23.3. The van der Waals surface area contributed by atoms with Gasteiger partial charge in [0.25, 0.3) is 0 Å². The van der Waals surface area contributed by atoms with E-state index in [-0.39, 0.29) is 5.91 Å². The van der Waals surface area contributed by atoms with Crippen molar-refractivity contribution in [3.05, 3.63) is 90.0 Å². The number of piperazine rings is 1. The van der Waals surface area contributed by atoms with Gasteiger partial charge in [-0.05, 0) is 47.9 Å². The Labute approximate surface area is 202 Å².